The van der Waals surface area contributed by atoms with Crippen LogP contribution in [0.5, 0.6) is 0 Å². The fraction of sp³-hybridized carbons (Fsp3) is 0.600. The molecule has 0 atom stereocenters. The van der Waals surface area contributed by atoms with Gasteiger partial charge in [0.15, 0.2) is 0 Å². The smallest absolute Gasteiger partial charge is 0.530 e. The third-order valence-electron chi connectivity index (χ3n) is 2.59. The van der Waals surface area contributed by atoms with E-state index in [1.165, 1.54) is 0 Å². The van der Waals surface area contributed by atoms with Crippen LogP contribution in [0.15, 0.2) is 0 Å². The Morgan fingerprint density at radius 2 is 1.16 bits per heavy atom. The van der Waals surface area contributed by atoms with Crippen molar-refractivity contribution in [1.29, 1.82) is 0 Å². The first-order chi connectivity index (χ1) is 8.43. The van der Waals surface area contributed by atoms with Gasteiger partial charge in [0.25, 0.3) is 0 Å². The molecule has 0 N–H and O–H groups in total. The molecule has 100 valence electrons. The van der Waals surface area contributed by atoms with Crippen LogP contribution in [0.4, 0.5) is 9.59 Å². The normalized spacial score (nSPS) is 17.7. The summed E-state index contributed by atoms with van der Waals surface area (Å²) in [5.74, 6) is -0.676. The van der Waals surface area contributed by atoms with E-state index in [9.17, 15) is 29.4 Å². The molecule has 0 spiro atoms. The molecule has 0 aromatic heterocycles. The van der Waals surface area contributed by atoms with E-state index in [2.05, 4.69) is 0 Å². The fourth-order valence-electron chi connectivity index (χ4n) is 1.68. The van der Waals surface area contributed by atoms with Gasteiger partial charge in [-0.25, -0.2) is 0 Å². The number of hydrogen-bond donors (Lipinski definition) is 0. The maximum Gasteiger partial charge on any atom is 2.00 e. The molecular weight excluding hydrogens is 381 g/mol. The monoisotopic (exact) mass is 394 g/mol. The van der Waals surface area contributed by atoms with Crippen LogP contribution in [-0.4, -0.2) is 95.8 Å². The molecule has 2 saturated heterocycles. The summed E-state index contributed by atoms with van der Waals surface area (Å²) in [5.41, 5.74) is 0. The van der Waals surface area contributed by atoms with Crippen molar-refractivity contribution in [2.24, 2.45) is 0 Å². The Hall–Kier alpha value is -0.549. The molecule has 0 aromatic carbocycles. The summed E-state index contributed by atoms with van der Waals surface area (Å²) < 4.78 is 0. The summed E-state index contributed by atoms with van der Waals surface area (Å²) in [6.07, 6.45) is -0.809. The van der Waals surface area contributed by atoms with Gasteiger partial charge in [0, 0.05) is 25.9 Å². The Morgan fingerprint density at radius 1 is 0.842 bits per heavy atom. The van der Waals surface area contributed by atoms with Crippen molar-refractivity contribution >= 4 is 72.9 Å². The van der Waals surface area contributed by atoms with E-state index >= 15 is 0 Å². The SMILES string of the molecule is O=C([O-])N1CCCC1=O.O=C([O-])N1CCCC1=O.[Ba+2]. The third-order valence-corrected chi connectivity index (χ3v) is 2.59. The summed E-state index contributed by atoms with van der Waals surface area (Å²) in [6, 6.07) is 0. The van der Waals surface area contributed by atoms with Gasteiger partial charge >= 0.3 is 48.9 Å². The molecule has 0 aromatic rings. The zero-order valence-corrected chi connectivity index (χ0v) is 14.7. The van der Waals surface area contributed by atoms with E-state index < -0.39 is 12.2 Å². The molecule has 8 nitrogen and oxygen atoms in total. The minimum atomic E-state index is -1.38. The molecule has 2 fully saturated rings. The standard InChI is InChI=1S/2C5H7NO3.Ba/c2*7-4-2-1-3-6(4)5(8)9;/h2*1-3H2,(H,8,9);/q;;+2/p-2. The van der Waals surface area contributed by atoms with Crippen LogP contribution in [-0.2, 0) is 9.59 Å². The number of carboxylic acid groups (broad SMARTS) is 2. The summed E-state index contributed by atoms with van der Waals surface area (Å²) in [4.78, 5) is 42.5. The molecule has 2 aliphatic rings. The van der Waals surface area contributed by atoms with E-state index in [1.54, 1.807) is 0 Å². The molecule has 0 saturated carbocycles. The molecule has 9 heteroatoms. The van der Waals surface area contributed by atoms with Crippen molar-refractivity contribution in [3.8, 4) is 0 Å². The molecule has 2 heterocycles. The molecule has 0 unspecified atom stereocenters. The van der Waals surface area contributed by atoms with Crippen molar-refractivity contribution in [1.82, 2.24) is 9.80 Å². The second kappa shape index (κ2) is 8.59. The Labute approximate surface area is 149 Å². The fourth-order valence-corrected chi connectivity index (χ4v) is 1.68. The van der Waals surface area contributed by atoms with Crippen molar-refractivity contribution in [3.63, 3.8) is 0 Å². The average molecular weight is 394 g/mol. The zero-order chi connectivity index (χ0) is 13.7. The van der Waals surface area contributed by atoms with Crippen LogP contribution >= 0.6 is 0 Å². The Morgan fingerprint density at radius 3 is 1.26 bits per heavy atom. The topological polar surface area (TPSA) is 121 Å². The molecule has 2 aliphatic heterocycles. The summed E-state index contributed by atoms with van der Waals surface area (Å²) in [6.45, 7) is 0.613. The van der Waals surface area contributed by atoms with Crippen LogP contribution in [0.3, 0.4) is 0 Å². The van der Waals surface area contributed by atoms with Crippen molar-refractivity contribution in [3.05, 3.63) is 0 Å². The predicted molar refractivity (Wildman–Crippen MR) is 58.4 cm³/mol. The summed E-state index contributed by atoms with van der Waals surface area (Å²) >= 11 is 0. The van der Waals surface area contributed by atoms with Crippen molar-refractivity contribution < 1.29 is 29.4 Å². The van der Waals surface area contributed by atoms with E-state index in [0.717, 1.165) is 9.80 Å². The Kier molecular flexibility index (Phi) is 8.34. The van der Waals surface area contributed by atoms with Crippen LogP contribution in [0.25, 0.3) is 0 Å². The number of amides is 4. The van der Waals surface area contributed by atoms with Crippen molar-refractivity contribution in [2.45, 2.75) is 25.7 Å². The van der Waals surface area contributed by atoms with Crippen LogP contribution < -0.4 is 10.2 Å². The van der Waals surface area contributed by atoms with Crippen LogP contribution in [0.2, 0.25) is 0 Å². The van der Waals surface area contributed by atoms with E-state index in [0.29, 0.717) is 38.8 Å². The van der Waals surface area contributed by atoms with Gasteiger partial charge in [0.2, 0.25) is 11.8 Å². The number of nitrogens with zero attached hydrogens (tertiary/aromatic N) is 2. The largest absolute Gasteiger partial charge is 2.00 e. The Bertz CT molecular complexity index is 350. The number of rotatable bonds is 0. The van der Waals surface area contributed by atoms with Crippen LogP contribution in [0, 0.1) is 0 Å². The van der Waals surface area contributed by atoms with Crippen molar-refractivity contribution in [2.75, 3.05) is 13.1 Å². The van der Waals surface area contributed by atoms with E-state index in [1.807, 2.05) is 0 Å². The van der Waals surface area contributed by atoms with Crippen LogP contribution in [0.1, 0.15) is 25.7 Å². The third kappa shape index (κ3) is 5.53. The van der Waals surface area contributed by atoms with Gasteiger partial charge < -0.3 is 19.8 Å². The number of hydrogen-bond acceptors (Lipinski definition) is 6. The minimum Gasteiger partial charge on any atom is -0.530 e. The first-order valence-corrected chi connectivity index (χ1v) is 5.46. The number of carbonyl (C=O) groups excluding carboxylic acids is 4. The second-order valence-electron chi connectivity index (χ2n) is 3.83. The molecule has 0 radical (unpaired) electrons. The first kappa shape index (κ1) is 18.5. The quantitative estimate of drug-likeness (QED) is 0.420. The molecule has 2 rings (SSSR count). The zero-order valence-electron chi connectivity index (χ0n) is 10.3. The van der Waals surface area contributed by atoms with Gasteiger partial charge in [-0.15, -0.1) is 0 Å². The maximum atomic E-state index is 10.5. The Balaban J connectivity index is 0.000000324. The van der Waals surface area contributed by atoms with Gasteiger partial charge in [-0.2, -0.15) is 0 Å². The first-order valence-electron chi connectivity index (χ1n) is 5.46. The molecule has 0 aliphatic carbocycles. The van der Waals surface area contributed by atoms with Gasteiger partial charge in [-0.3, -0.25) is 19.4 Å². The van der Waals surface area contributed by atoms with Gasteiger partial charge in [0.05, 0.1) is 0 Å². The second-order valence-corrected chi connectivity index (χ2v) is 3.83. The van der Waals surface area contributed by atoms with Gasteiger partial charge in [-0.05, 0) is 12.8 Å². The number of carbonyl (C=O) groups is 4. The summed E-state index contributed by atoms with van der Waals surface area (Å²) in [5, 5.41) is 20.0. The molecule has 19 heavy (non-hydrogen) atoms. The minimum absolute atomic E-state index is 0. The van der Waals surface area contributed by atoms with Gasteiger partial charge in [-0.1, -0.05) is 0 Å². The maximum absolute atomic E-state index is 10.5. The molecule has 4 amide bonds. The molecule has 0 bridgehead atoms. The van der Waals surface area contributed by atoms with E-state index in [4.69, 9.17) is 0 Å². The average Bonchev–Trinajstić information content (AvgIpc) is 2.87. The molecular formula is C10H12BaN2O6. The summed E-state index contributed by atoms with van der Waals surface area (Å²) in [7, 11) is 0. The van der Waals surface area contributed by atoms with E-state index in [-0.39, 0.29) is 60.7 Å². The van der Waals surface area contributed by atoms with Gasteiger partial charge in [0.1, 0.15) is 12.2 Å². The number of imide groups is 2. The predicted octanol–water partition coefficient (Wildman–Crippen LogP) is -2.48. The number of likely N-dealkylation sites (tertiary alicyclic amines) is 2.